The molecule has 0 N–H and O–H groups in total. The molecule has 1 unspecified atom stereocenters. The fourth-order valence-corrected chi connectivity index (χ4v) is 1.02. The molecule has 0 aromatic rings. The number of hydrogen-bond acceptors (Lipinski definition) is 2. The van der Waals surface area contributed by atoms with Gasteiger partial charge >= 0.3 is 0 Å². The number of nitrogens with zero attached hydrogens (tertiary/aromatic N) is 2. The molecule has 0 rings (SSSR count). The monoisotopic (exact) mass is 158 g/mol. The zero-order valence-electron chi connectivity index (χ0n) is 6.74. The predicted molar refractivity (Wildman–Crippen MR) is 50.3 cm³/mol. The lowest BCUT2D eigenvalue weighted by Crippen LogP contribution is -1.93. The van der Waals surface area contributed by atoms with Crippen molar-refractivity contribution in [3.63, 3.8) is 0 Å². The summed E-state index contributed by atoms with van der Waals surface area (Å²) in [6.45, 7) is 4.00. The molecule has 0 bridgehead atoms. The Kier molecular flexibility index (Phi) is 6.59. The molecule has 0 radical (unpaired) electrons. The van der Waals surface area contributed by atoms with Gasteiger partial charge in [0.1, 0.15) is 6.34 Å². The number of aliphatic imine (C=N–C) groups is 2. The van der Waals surface area contributed by atoms with Gasteiger partial charge in [-0.3, -0.25) is 4.99 Å². The van der Waals surface area contributed by atoms with Crippen molar-refractivity contribution in [1.29, 1.82) is 0 Å². The summed E-state index contributed by atoms with van der Waals surface area (Å²) in [5.74, 6) is 0. The van der Waals surface area contributed by atoms with Crippen LogP contribution in [0.4, 0.5) is 0 Å². The Morgan fingerprint density at radius 3 is 2.70 bits per heavy atom. The van der Waals surface area contributed by atoms with Crippen molar-refractivity contribution in [3.8, 4) is 0 Å². The summed E-state index contributed by atoms with van der Waals surface area (Å²) < 4.78 is 0. The molecule has 0 aliphatic carbocycles. The molecule has 0 saturated heterocycles. The lowest BCUT2D eigenvalue weighted by Gasteiger charge is -2.01. The van der Waals surface area contributed by atoms with E-state index in [2.05, 4.69) is 23.2 Å². The van der Waals surface area contributed by atoms with Crippen molar-refractivity contribution < 1.29 is 0 Å². The highest BCUT2D eigenvalue weighted by atomic mass is 32.2. The minimum Gasteiger partial charge on any atom is -0.259 e. The van der Waals surface area contributed by atoms with E-state index in [0.717, 1.165) is 6.42 Å². The summed E-state index contributed by atoms with van der Waals surface area (Å²) in [7, 11) is 0. The van der Waals surface area contributed by atoms with Crippen LogP contribution in [0.1, 0.15) is 20.3 Å². The molecule has 0 amide bonds. The van der Waals surface area contributed by atoms with E-state index < -0.39 is 0 Å². The van der Waals surface area contributed by atoms with Gasteiger partial charge in [0.15, 0.2) is 0 Å². The highest BCUT2D eigenvalue weighted by Crippen LogP contribution is 2.10. The largest absolute Gasteiger partial charge is 0.259 e. The van der Waals surface area contributed by atoms with Crippen LogP contribution in [0.5, 0.6) is 0 Å². The highest BCUT2D eigenvalue weighted by molar-refractivity contribution is 7.99. The van der Waals surface area contributed by atoms with Gasteiger partial charge in [-0.15, -0.1) is 11.8 Å². The second kappa shape index (κ2) is 6.81. The third-order valence-corrected chi connectivity index (χ3v) is 2.07. The van der Waals surface area contributed by atoms with Gasteiger partial charge in [0.05, 0.1) is 5.37 Å². The van der Waals surface area contributed by atoms with Crippen LogP contribution < -0.4 is 0 Å². The van der Waals surface area contributed by atoms with Crippen LogP contribution in [0.3, 0.4) is 0 Å². The number of rotatable bonds is 4. The van der Waals surface area contributed by atoms with Crippen LogP contribution >= 0.6 is 11.8 Å². The summed E-state index contributed by atoms with van der Waals surface area (Å²) in [4.78, 5) is 8.07. The molecule has 0 fully saturated rings. The molecule has 0 spiro atoms. The molecule has 3 heteroatoms. The van der Waals surface area contributed by atoms with Crippen molar-refractivity contribution in [2.75, 3.05) is 6.26 Å². The molecule has 1 atom stereocenters. The van der Waals surface area contributed by atoms with Gasteiger partial charge in [0.2, 0.25) is 0 Å². The predicted octanol–water partition coefficient (Wildman–Crippen LogP) is 2.20. The minimum absolute atomic E-state index is 0.378. The van der Waals surface area contributed by atoms with E-state index in [0.29, 0.717) is 5.37 Å². The molecular weight excluding hydrogens is 144 g/mol. The Hall–Kier alpha value is -0.310. The van der Waals surface area contributed by atoms with Gasteiger partial charge in [-0.1, -0.05) is 6.92 Å². The maximum absolute atomic E-state index is 4.19. The van der Waals surface area contributed by atoms with Crippen LogP contribution in [0.15, 0.2) is 9.98 Å². The van der Waals surface area contributed by atoms with Crippen molar-refractivity contribution in [2.24, 2.45) is 9.98 Å². The topological polar surface area (TPSA) is 24.7 Å². The summed E-state index contributed by atoms with van der Waals surface area (Å²) in [6, 6.07) is 0. The Balaban J connectivity index is 3.60. The van der Waals surface area contributed by atoms with E-state index in [1.54, 1.807) is 24.3 Å². The molecule has 10 heavy (non-hydrogen) atoms. The first-order chi connectivity index (χ1) is 4.85. The van der Waals surface area contributed by atoms with E-state index in [1.165, 1.54) is 0 Å². The molecule has 2 nitrogen and oxygen atoms in total. The fourth-order valence-electron chi connectivity index (χ4n) is 0.512. The van der Waals surface area contributed by atoms with E-state index in [-0.39, 0.29) is 0 Å². The van der Waals surface area contributed by atoms with Gasteiger partial charge in [0.25, 0.3) is 0 Å². The Bertz CT molecular complexity index is 117. The van der Waals surface area contributed by atoms with Crippen molar-refractivity contribution in [2.45, 2.75) is 25.6 Å². The SMILES string of the molecule is CC=NC=NC(CC)SC. The number of thioether (sulfide) groups is 1. The molecular formula is C7H14N2S. The van der Waals surface area contributed by atoms with E-state index >= 15 is 0 Å². The molecule has 0 aromatic carbocycles. The molecule has 0 heterocycles. The second-order valence-corrected chi connectivity index (χ2v) is 2.79. The normalized spacial score (nSPS) is 15.1. The van der Waals surface area contributed by atoms with Crippen molar-refractivity contribution in [3.05, 3.63) is 0 Å². The van der Waals surface area contributed by atoms with Crippen LogP contribution in [0.2, 0.25) is 0 Å². The first-order valence-corrected chi connectivity index (χ1v) is 4.66. The lowest BCUT2D eigenvalue weighted by atomic mass is 10.5. The zero-order chi connectivity index (χ0) is 7.82. The van der Waals surface area contributed by atoms with Gasteiger partial charge in [-0.25, -0.2) is 4.99 Å². The first kappa shape index (κ1) is 9.69. The molecule has 0 aliphatic heterocycles. The molecule has 0 saturated carbocycles. The van der Waals surface area contributed by atoms with Gasteiger partial charge in [-0.2, -0.15) is 0 Å². The quantitative estimate of drug-likeness (QED) is 0.455. The van der Waals surface area contributed by atoms with E-state index in [9.17, 15) is 0 Å². The first-order valence-electron chi connectivity index (χ1n) is 3.37. The Morgan fingerprint density at radius 1 is 1.60 bits per heavy atom. The highest BCUT2D eigenvalue weighted by Gasteiger charge is 1.96. The molecule has 0 aromatic heterocycles. The summed E-state index contributed by atoms with van der Waals surface area (Å²) >= 11 is 1.75. The second-order valence-electron chi connectivity index (χ2n) is 1.77. The summed E-state index contributed by atoms with van der Waals surface area (Å²) in [6.07, 6.45) is 6.47. The maximum Gasteiger partial charge on any atom is 0.110 e. The van der Waals surface area contributed by atoms with E-state index in [1.807, 2.05) is 6.92 Å². The molecule has 58 valence electrons. The average molecular weight is 158 g/mol. The van der Waals surface area contributed by atoms with Crippen molar-refractivity contribution in [1.82, 2.24) is 0 Å². The zero-order valence-corrected chi connectivity index (χ0v) is 7.56. The maximum atomic E-state index is 4.19. The van der Waals surface area contributed by atoms with Crippen LogP contribution in [-0.2, 0) is 0 Å². The molecule has 0 aliphatic rings. The average Bonchev–Trinajstić information content (AvgIpc) is 1.99. The van der Waals surface area contributed by atoms with Gasteiger partial charge in [0, 0.05) is 6.21 Å². The van der Waals surface area contributed by atoms with Gasteiger partial charge < -0.3 is 0 Å². The summed E-state index contributed by atoms with van der Waals surface area (Å²) in [5, 5.41) is 0.378. The third-order valence-electron chi connectivity index (χ3n) is 1.07. The van der Waals surface area contributed by atoms with Crippen molar-refractivity contribution >= 4 is 24.3 Å². The minimum atomic E-state index is 0.378. The van der Waals surface area contributed by atoms with Crippen LogP contribution in [-0.4, -0.2) is 24.2 Å². The fraction of sp³-hybridized carbons (Fsp3) is 0.714. The lowest BCUT2D eigenvalue weighted by molar-refractivity contribution is 0.875. The summed E-state index contributed by atoms with van der Waals surface area (Å²) in [5.41, 5.74) is 0. The van der Waals surface area contributed by atoms with Crippen LogP contribution in [0, 0.1) is 0 Å². The van der Waals surface area contributed by atoms with E-state index in [4.69, 9.17) is 0 Å². The van der Waals surface area contributed by atoms with Crippen LogP contribution in [0.25, 0.3) is 0 Å². The third kappa shape index (κ3) is 4.56. The smallest absolute Gasteiger partial charge is 0.110 e. The van der Waals surface area contributed by atoms with Gasteiger partial charge in [-0.05, 0) is 19.6 Å². The Morgan fingerprint density at radius 2 is 2.30 bits per heavy atom. The standard InChI is InChI=1S/C7H14N2S/c1-4-7(10-3)9-6-8-5-2/h5-7H,4H2,1-3H3. The number of hydrogen-bond donors (Lipinski definition) is 0. The Labute approximate surface area is 66.8 Å².